The fourth-order valence-corrected chi connectivity index (χ4v) is 4.10. The van der Waals surface area contributed by atoms with Gasteiger partial charge in [0.2, 0.25) is 11.8 Å². The van der Waals surface area contributed by atoms with Gasteiger partial charge in [-0.3, -0.25) is 9.59 Å². The molecule has 0 saturated carbocycles. The van der Waals surface area contributed by atoms with Crippen LogP contribution in [0.3, 0.4) is 0 Å². The zero-order valence-electron chi connectivity index (χ0n) is 17.8. The van der Waals surface area contributed by atoms with Crippen LogP contribution in [-0.4, -0.2) is 35.1 Å². The van der Waals surface area contributed by atoms with Crippen molar-refractivity contribution in [1.82, 2.24) is 10.2 Å². The lowest BCUT2D eigenvalue weighted by molar-refractivity contribution is -0.141. The van der Waals surface area contributed by atoms with Crippen LogP contribution in [0, 0.1) is 0 Å². The smallest absolute Gasteiger partial charge is 0.242 e. The van der Waals surface area contributed by atoms with Crippen LogP contribution in [0.4, 0.5) is 0 Å². The molecule has 30 heavy (non-hydrogen) atoms. The number of halogens is 1. The van der Waals surface area contributed by atoms with E-state index in [4.69, 9.17) is 11.6 Å². The van der Waals surface area contributed by atoms with Gasteiger partial charge in [0.1, 0.15) is 6.04 Å². The number of nitrogens with zero attached hydrogens (tertiary/aromatic N) is 1. The molecular formula is C24H31ClN2O2S. The van der Waals surface area contributed by atoms with Gasteiger partial charge in [0, 0.05) is 35.2 Å². The average Bonchev–Trinajstić information content (AvgIpc) is 2.76. The second-order valence-corrected chi connectivity index (χ2v) is 8.73. The van der Waals surface area contributed by atoms with E-state index in [1.165, 1.54) is 0 Å². The van der Waals surface area contributed by atoms with Crippen molar-refractivity contribution in [1.29, 1.82) is 0 Å². The molecule has 0 bridgehead atoms. The first-order chi connectivity index (χ1) is 14.5. The topological polar surface area (TPSA) is 49.4 Å². The summed E-state index contributed by atoms with van der Waals surface area (Å²) in [6, 6.07) is 17.0. The van der Waals surface area contributed by atoms with E-state index >= 15 is 0 Å². The van der Waals surface area contributed by atoms with E-state index in [0.717, 1.165) is 23.3 Å². The maximum Gasteiger partial charge on any atom is 0.242 e. The van der Waals surface area contributed by atoms with Gasteiger partial charge in [-0.2, -0.15) is 0 Å². The molecule has 2 amide bonds. The molecule has 2 aromatic carbocycles. The van der Waals surface area contributed by atoms with E-state index in [1.807, 2.05) is 61.5 Å². The number of hydrogen-bond donors (Lipinski definition) is 1. The lowest BCUT2D eigenvalue weighted by Gasteiger charge is -2.30. The molecule has 0 aromatic heterocycles. The zero-order chi connectivity index (χ0) is 21.8. The fourth-order valence-electron chi connectivity index (χ4n) is 3.14. The van der Waals surface area contributed by atoms with Gasteiger partial charge in [0.25, 0.3) is 0 Å². The summed E-state index contributed by atoms with van der Waals surface area (Å²) < 4.78 is 0. The summed E-state index contributed by atoms with van der Waals surface area (Å²) in [6.45, 7) is 5.13. The van der Waals surface area contributed by atoms with Crippen LogP contribution in [0.5, 0.6) is 0 Å². The van der Waals surface area contributed by atoms with Crippen molar-refractivity contribution >= 4 is 35.2 Å². The van der Waals surface area contributed by atoms with Gasteiger partial charge in [0.15, 0.2) is 0 Å². The molecule has 0 saturated heterocycles. The van der Waals surface area contributed by atoms with Gasteiger partial charge < -0.3 is 10.2 Å². The van der Waals surface area contributed by atoms with Crippen molar-refractivity contribution in [2.45, 2.75) is 57.0 Å². The van der Waals surface area contributed by atoms with Gasteiger partial charge in [-0.15, -0.1) is 11.8 Å². The van der Waals surface area contributed by atoms with Crippen molar-refractivity contribution in [2.75, 3.05) is 12.3 Å². The monoisotopic (exact) mass is 446 g/mol. The number of benzene rings is 2. The predicted molar refractivity (Wildman–Crippen MR) is 126 cm³/mol. The second-order valence-electron chi connectivity index (χ2n) is 7.13. The Balaban J connectivity index is 2.05. The lowest BCUT2D eigenvalue weighted by Crippen LogP contribution is -2.49. The van der Waals surface area contributed by atoms with Crippen molar-refractivity contribution < 1.29 is 9.59 Å². The normalized spacial score (nSPS) is 11.7. The molecule has 2 aromatic rings. The molecule has 0 radical (unpaired) electrons. The Bertz CT molecular complexity index is 784. The maximum atomic E-state index is 13.1. The van der Waals surface area contributed by atoms with Crippen LogP contribution in [0.15, 0.2) is 59.5 Å². The fraction of sp³-hybridized carbons (Fsp3) is 0.417. The molecule has 0 fully saturated rings. The Kier molecular flexibility index (Phi) is 10.8. The minimum Gasteiger partial charge on any atom is -0.354 e. The Morgan fingerprint density at radius 2 is 1.77 bits per heavy atom. The van der Waals surface area contributed by atoms with E-state index in [1.54, 1.807) is 16.7 Å². The molecule has 162 valence electrons. The van der Waals surface area contributed by atoms with Crippen LogP contribution in [0.2, 0.25) is 5.02 Å². The van der Waals surface area contributed by atoms with Gasteiger partial charge >= 0.3 is 0 Å². The summed E-state index contributed by atoms with van der Waals surface area (Å²) in [5.74, 6) is 0.581. The zero-order valence-corrected chi connectivity index (χ0v) is 19.3. The van der Waals surface area contributed by atoms with E-state index in [2.05, 4.69) is 12.2 Å². The van der Waals surface area contributed by atoms with Gasteiger partial charge in [0.05, 0.1) is 0 Å². The summed E-state index contributed by atoms with van der Waals surface area (Å²) in [7, 11) is 0. The summed E-state index contributed by atoms with van der Waals surface area (Å²) >= 11 is 7.55. The number of carbonyl (C=O) groups is 2. The first kappa shape index (κ1) is 24.3. The third-order valence-corrected chi connectivity index (χ3v) is 6.08. The number of rotatable bonds is 12. The number of unbranched alkanes of at least 4 members (excludes halogenated alkanes) is 1. The van der Waals surface area contributed by atoms with Crippen molar-refractivity contribution in [3.05, 3.63) is 65.2 Å². The molecule has 4 nitrogen and oxygen atoms in total. The molecule has 6 heteroatoms. The Labute approximate surface area is 189 Å². The third-order valence-electron chi connectivity index (χ3n) is 4.81. The number of nitrogens with one attached hydrogen (secondary N) is 1. The highest BCUT2D eigenvalue weighted by atomic mass is 35.5. The largest absolute Gasteiger partial charge is 0.354 e. The minimum absolute atomic E-state index is 0.00203. The average molecular weight is 447 g/mol. The molecule has 1 unspecified atom stereocenters. The van der Waals surface area contributed by atoms with Crippen LogP contribution in [0.1, 0.15) is 45.1 Å². The molecule has 0 aliphatic carbocycles. The number of thioether (sulfide) groups is 1. The van der Waals surface area contributed by atoms with Crippen molar-refractivity contribution in [3.8, 4) is 0 Å². The maximum absolute atomic E-state index is 13.1. The first-order valence-electron chi connectivity index (χ1n) is 10.5. The van der Waals surface area contributed by atoms with Crippen LogP contribution < -0.4 is 5.32 Å². The van der Waals surface area contributed by atoms with E-state index in [-0.39, 0.29) is 11.8 Å². The van der Waals surface area contributed by atoms with E-state index < -0.39 is 6.04 Å². The standard InChI is InChI=1S/C24H31ClN2O2S/c1-3-5-16-26-24(29)22(4-2)27(18-19-9-7-6-8-10-19)23(28)15-17-30-21-13-11-20(25)12-14-21/h6-14,22H,3-5,15-18H2,1-2H3,(H,26,29). The van der Waals surface area contributed by atoms with Gasteiger partial charge in [-0.05, 0) is 42.7 Å². The molecule has 0 spiro atoms. The molecule has 0 heterocycles. The molecule has 0 aliphatic rings. The first-order valence-corrected chi connectivity index (χ1v) is 11.9. The summed E-state index contributed by atoms with van der Waals surface area (Å²) in [6.07, 6.45) is 2.91. The molecule has 0 aliphatic heterocycles. The Morgan fingerprint density at radius 1 is 1.07 bits per heavy atom. The molecule has 2 rings (SSSR count). The quantitative estimate of drug-likeness (QED) is 0.343. The van der Waals surface area contributed by atoms with Crippen LogP contribution in [-0.2, 0) is 16.1 Å². The van der Waals surface area contributed by atoms with Gasteiger partial charge in [-0.25, -0.2) is 0 Å². The highest BCUT2D eigenvalue weighted by Gasteiger charge is 2.28. The Hall–Kier alpha value is -1.98. The third kappa shape index (κ3) is 8.04. The minimum atomic E-state index is -0.463. The van der Waals surface area contributed by atoms with Crippen LogP contribution in [0.25, 0.3) is 0 Å². The predicted octanol–water partition coefficient (Wildman–Crippen LogP) is 5.55. The number of amides is 2. The molecular weight excluding hydrogens is 416 g/mol. The molecule has 1 atom stereocenters. The van der Waals surface area contributed by atoms with Crippen molar-refractivity contribution in [2.24, 2.45) is 0 Å². The van der Waals surface area contributed by atoms with Gasteiger partial charge in [-0.1, -0.05) is 62.2 Å². The SMILES string of the molecule is CCCCNC(=O)C(CC)N(Cc1ccccc1)C(=O)CCSc1ccc(Cl)cc1. The summed E-state index contributed by atoms with van der Waals surface area (Å²) in [5.41, 5.74) is 1.02. The number of carbonyl (C=O) groups excluding carboxylic acids is 2. The summed E-state index contributed by atoms with van der Waals surface area (Å²) in [4.78, 5) is 28.7. The molecule has 1 N–H and O–H groups in total. The van der Waals surface area contributed by atoms with Crippen LogP contribution >= 0.6 is 23.4 Å². The second kappa shape index (κ2) is 13.3. The lowest BCUT2D eigenvalue weighted by atomic mass is 10.1. The van der Waals surface area contributed by atoms with Crippen molar-refractivity contribution in [3.63, 3.8) is 0 Å². The Morgan fingerprint density at radius 3 is 2.40 bits per heavy atom. The summed E-state index contributed by atoms with van der Waals surface area (Å²) in [5, 5.41) is 3.69. The highest BCUT2D eigenvalue weighted by molar-refractivity contribution is 7.99. The van der Waals surface area contributed by atoms with E-state index in [0.29, 0.717) is 36.7 Å². The van der Waals surface area contributed by atoms with E-state index in [9.17, 15) is 9.59 Å². The number of hydrogen-bond acceptors (Lipinski definition) is 3. The highest BCUT2D eigenvalue weighted by Crippen LogP contribution is 2.22.